The molecule has 7 heteroatoms. The molecule has 0 saturated heterocycles. The van der Waals surface area contributed by atoms with Gasteiger partial charge >= 0.3 is 0 Å². The van der Waals surface area contributed by atoms with Crippen LogP contribution in [-0.2, 0) is 0 Å². The minimum Gasteiger partial charge on any atom is -0.493 e. The Balaban J connectivity index is 2.24. The molecule has 7 nitrogen and oxygen atoms in total. The predicted molar refractivity (Wildman–Crippen MR) is 96.8 cm³/mol. The average molecular weight is 344 g/mol. The summed E-state index contributed by atoms with van der Waals surface area (Å²) in [6.07, 6.45) is 0.854. The molecular weight excluding hydrogens is 320 g/mol. The molecule has 1 aromatic carbocycles. The lowest BCUT2D eigenvalue weighted by atomic mass is 10.2. The van der Waals surface area contributed by atoms with Gasteiger partial charge in [-0.3, -0.25) is 4.79 Å². The van der Waals surface area contributed by atoms with E-state index in [4.69, 9.17) is 9.47 Å². The molecule has 25 heavy (non-hydrogen) atoms. The third kappa shape index (κ3) is 4.82. The van der Waals surface area contributed by atoms with E-state index >= 15 is 0 Å². The molecule has 0 spiro atoms. The Morgan fingerprint density at radius 1 is 1.16 bits per heavy atom. The highest BCUT2D eigenvalue weighted by Crippen LogP contribution is 2.30. The normalized spacial score (nSPS) is 11.6. The van der Waals surface area contributed by atoms with Crippen molar-refractivity contribution in [3.8, 4) is 11.5 Å². The summed E-state index contributed by atoms with van der Waals surface area (Å²) in [5.74, 6) is 1.36. The number of ether oxygens (including phenoxy) is 2. The van der Waals surface area contributed by atoms with Crippen LogP contribution in [0.1, 0.15) is 36.5 Å². The van der Waals surface area contributed by atoms with Crippen molar-refractivity contribution in [2.24, 2.45) is 0 Å². The maximum Gasteiger partial charge on any atom is 0.270 e. The Hall–Kier alpha value is -2.83. The molecule has 1 aromatic heterocycles. The number of nitrogens with one attached hydrogen (secondary N) is 2. The number of carbonyl (C=O) groups excluding carboxylic acids is 1. The molecule has 0 aliphatic rings. The highest BCUT2D eigenvalue weighted by molar-refractivity contribution is 5.92. The summed E-state index contributed by atoms with van der Waals surface area (Å²) in [5.41, 5.74) is 1.76. The van der Waals surface area contributed by atoms with Gasteiger partial charge in [0.05, 0.1) is 14.2 Å². The second-order valence-corrected chi connectivity index (χ2v) is 5.70. The fourth-order valence-corrected chi connectivity index (χ4v) is 2.18. The smallest absolute Gasteiger partial charge is 0.270 e. The monoisotopic (exact) mass is 344 g/mol. The molecule has 2 aromatic rings. The van der Waals surface area contributed by atoms with Crippen molar-refractivity contribution in [2.45, 2.75) is 33.2 Å². The van der Waals surface area contributed by atoms with E-state index in [9.17, 15) is 4.79 Å². The lowest BCUT2D eigenvalue weighted by molar-refractivity contribution is 0.0934. The van der Waals surface area contributed by atoms with Gasteiger partial charge in [-0.05, 0) is 38.5 Å². The third-order valence-corrected chi connectivity index (χ3v) is 3.72. The molecule has 134 valence electrons. The van der Waals surface area contributed by atoms with E-state index in [1.165, 1.54) is 0 Å². The summed E-state index contributed by atoms with van der Waals surface area (Å²) >= 11 is 0. The molecule has 1 heterocycles. The van der Waals surface area contributed by atoms with Crippen LogP contribution in [0.15, 0.2) is 24.3 Å². The van der Waals surface area contributed by atoms with E-state index in [0.717, 1.165) is 12.1 Å². The topological polar surface area (TPSA) is 85.4 Å². The first-order chi connectivity index (χ1) is 12.0. The van der Waals surface area contributed by atoms with Gasteiger partial charge in [-0.25, -0.2) is 9.97 Å². The number of aromatic nitrogens is 2. The van der Waals surface area contributed by atoms with E-state index in [1.54, 1.807) is 32.4 Å². The number of rotatable bonds is 7. The van der Waals surface area contributed by atoms with Gasteiger partial charge in [0, 0.05) is 23.5 Å². The first-order valence-corrected chi connectivity index (χ1v) is 8.12. The summed E-state index contributed by atoms with van der Waals surface area (Å²) < 4.78 is 10.5. The lowest BCUT2D eigenvalue weighted by Crippen LogP contribution is -2.32. The van der Waals surface area contributed by atoms with Gasteiger partial charge in [0.25, 0.3) is 5.91 Å². The van der Waals surface area contributed by atoms with E-state index in [1.807, 2.05) is 26.8 Å². The molecule has 0 bridgehead atoms. The van der Waals surface area contributed by atoms with E-state index < -0.39 is 0 Å². The Morgan fingerprint density at radius 2 is 1.88 bits per heavy atom. The van der Waals surface area contributed by atoms with Gasteiger partial charge < -0.3 is 20.1 Å². The van der Waals surface area contributed by atoms with Gasteiger partial charge in [0.15, 0.2) is 11.5 Å². The minimum atomic E-state index is -0.213. The zero-order valence-electron chi connectivity index (χ0n) is 15.2. The van der Waals surface area contributed by atoms with Gasteiger partial charge in [0.1, 0.15) is 5.69 Å². The molecule has 0 radical (unpaired) electrons. The SMILES string of the molecule is CCC(C)NC(=O)c1cc(C)nc(Nc2ccc(OC)c(OC)c2)n1. The van der Waals surface area contributed by atoms with Gasteiger partial charge in [0.2, 0.25) is 5.95 Å². The molecule has 2 rings (SSSR count). The van der Waals surface area contributed by atoms with Gasteiger partial charge in [-0.2, -0.15) is 0 Å². The number of aryl methyl sites for hydroxylation is 1. The summed E-state index contributed by atoms with van der Waals surface area (Å²) in [6, 6.07) is 7.14. The molecule has 1 atom stereocenters. The number of hydrogen-bond donors (Lipinski definition) is 2. The van der Waals surface area contributed by atoms with Crippen molar-refractivity contribution < 1.29 is 14.3 Å². The van der Waals surface area contributed by atoms with Crippen molar-refractivity contribution >= 4 is 17.5 Å². The van der Waals surface area contributed by atoms with Crippen LogP contribution in [0.25, 0.3) is 0 Å². The predicted octanol–water partition coefficient (Wildman–Crippen LogP) is 3.07. The van der Waals surface area contributed by atoms with Crippen molar-refractivity contribution in [3.05, 3.63) is 35.7 Å². The summed E-state index contributed by atoms with van der Waals surface area (Å²) in [7, 11) is 3.15. The lowest BCUT2D eigenvalue weighted by Gasteiger charge is -2.13. The highest BCUT2D eigenvalue weighted by Gasteiger charge is 2.13. The van der Waals surface area contributed by atoms with Crippen LogP contribution in [0.4, 0.5) is 11.6 Å². The van der Waals surface area contributed by atoms with Gasteiger partial charge in [-0.1, -0.05) is 6.92 Å². The Morgan fingerprint density at radius 3 is 2.52 bits per heavy atom. The van der Waals surface area contributed by atoms with Crippen molar-refractivity contribution in [2.75, 3.05) is 19.5 Å². The molecule has 0 fully saturated rings. The van der Waals surface area contributed by atoms with Crippen molar-refractivity contribution in [1.82, 2.24) is 15.3 Å². The van der Waals surface area contributed by atoms with Gasteiger partial charge in [-0.15, -0.1) is 0 Å². The van der Waals surface area contributed by atoms with Crippen LogP contribution in [-0.4, -0.2) is 36.1 Å². The fourth-order valence-electron chi connectivity index (χ4n) is 2.18. The first-order valence-electron chi connectivity index (χ1n) is 8.12. The van der Waals surface area contributed by atoms with Crippen LogP contribution in [0.3, 0.4) is 0 Å². The zero-order valence-corrected chi connectivity index (χ0v) is 15.2. The number of methoxy groups -OCH3 is 2. The Bertz CT molecular complexity index is 749. The van der Waals surface area contributed by atoms with Crippen molar-refractivity contribution in [1.29, 1.82) is 0 Å². The van der Waals surface area contributed by atoms with Crippen LogP contribution >= 0.6 is 0 Å². The number of benzene rings is 1. The summed E-state index contributed by atoms with van der Waals surface area (Å²) in [4.78, 5) is 20.9. The second-order valence-electron chi connectivity index (χ2n) is 5.70. The second kappa shape index (κ2) is 8.32. The maximum absolute atomic E-state index is 12.3. The average Bonchev–Trinajstić information content (AvgIpc) is 2.60. The standard InChI is InChI=1S/C18H24N4O3/c1-6-11(2)19-17(23)14-9-12(3)20-18(22-14)21-13-7-8-15(24-4)16(10-13)25-5/h7-11H,6H2,1-5H3,(H,19,23)(H,20,21,22). The van der Waals surface area contributed by atoms with Crippen LogP contribution in [0.2, 0.25) is 0 Å². The number of carbonyl (C=O) groups is 1. The van der Waals surface area contributed by atoms with Crippen LogP contribution < -0.4 is 20.1 Å². The van der Waals surface area contributed by atoms with Crippen LogP contribution in [0, 0.1) is 6.92 Å². The van der Waals surface area contributed by atoms with E-state index in [0.29, 0.717) is 28.8 Å². The number of anilines is 2. The van der Waals surface area contributed by atoms with Crippen molar-refractivity contribution in [3.63, 3.8) is 0 Å². The molecule has 1 amide bonds. The molecule has 0 aliphatic carbocycles. The summed E-state index contributed by atoms with van der Waals surface area (Å²) in [6.45, 7) is 5.79. The number of hydrogen-bond acceptors (Lipinski definition) is 6. The Labute approximate surface area is 147 Å². The maximum atomic E-state index is 12.3. The minimum absolute atomic E-state index is 0.0880. The molecule has 0 aliphatic heterocycles. The number of nitrogens with zero attached hydrogens (tertiary/aromatic N) is 2. The third-order valence-electron chi connectivity index (χ3n) is 3.72. The molecule has 0 saturated carbocycles. The Kier molecular flexibility index (Phi) is 6.16. The molecular formula is C18H24N4O3. The fraction of sp³-hybridized carbons (Fsp3) is 0.389. The quantitative estimate of drug-likeness (QED) is 0.803. The molecule has 1 unspecified atom stereocenters. The summed E-state index contributed by atoms with van der Waals surface area (Å²) in [5, 5.41) is 6.00. The van der Waals surface area contributed by atoms with Crippen LogP contribution in [0.5, 0.6) is 11.5 Å². The number of amides is 1. The molecule has 2 N–H and O–H groups in total. The largest absolute Gasteiger partial charge is 0.493 e. The highest BCUT2D eigenvalue weighted by atomic mass is 16.5. The first kappa shape index (κ1) is 18.5. The van der Waals surface area contributed by atoms with E-state index in [2.05, 4.69) is 20.6 Å². The zero-order chi connectivity index (χ0) is 18.4. The van der Waals surface area contributed by atoms with E-state index in [-0.39, 0.29) is 11.9 Å².